The molecule has 0 aliphatic carbocycles. The van der Waals surface area contributed by atoms with Crippen LogP contribution in [0.15, 0.2) is 34.3 Å². The van der Waals surface area contributed by atoms with Gasteiger partial charge in [-0.2, -0.15) is 5.26 Å². The summed E-state index contributed by atoms with van der Waals surface area (Å²) < 4.78 is 5.72. The molecule has 4 nitrogen and oxygen atoms in total. The molecule has 0 bridgehead atoms. The highest BCUT2D eigenvalue weighted by Gasteiger charge is 2.14. The normalized spacial score (nSPS) is 11.3. The zero-order valence-electron chi connectivity index (χ0n) is 10.9. The number of aryl methyl sites for hydroxylation is 1. The number of likely N-dealkylation sites (N-methyl/N-ethyl adjacent to an activating group) is 1. The van der Waals surface area contributed by atoms with Crippen LogP contribution in [-0.2, 0) is 11.2 Å². The van der Waals surface area contributed by atoms with Gasteiger partial charge in [0.15, 0.2) is 0 Å². The Hall–Kier alpha value is -2.54. The summed E-state index contributed by atoms with van der Waals surface area (Å²) in [6.07, 6.45) is 2.29. The third kappa shape index (κ3) is 2.36. The SMILES string of the molecule is CCc1oc2ccccc2c1/C=C(\C#N)C(=O)NC. The first-order valence-electron chi connectivity index (χ1n) is 6.05. The van der Waals surface area contributed by atoms with Crippen molar-refractivity contribution in [1.29, 1.82) is 5.26 Å². The number of para-hydroxylation sites is 1. The second-order valence-electron chi connectivity index (χ2n) is 4.04. The van der Waals surface area contributed by atoms with Gasteiger partial charge in [0.1, 0.15) is 23.0 Å². The lowest BCUT2D eigenvalue weighted by molar-refractivity contribution is -0.116. The zero-order chi connectivity index (χ0) is 13.8. The summed E-state index contributed by atoms with van der Waals surface area (Å²) in [7, 11) is 1.50. The van der Waals surface area contributed by atoms with E-state index in [4.69, 9.17) is 9.68 Å². The van der Waals surface area contributed by atoms with Crippen LogP contribution in [-0.4, -0.2) is 13.0 Å². The average Bonchev–Trinajstić information content (AvgIpc) is 2.81. The van der Waals surface area contributed by atoms with Gasteiger partial charge < -0.3 is 9.73 Å². The molecule has 2 rings (SSSR count). The van der Waals surface area contributed by atoms with Gasteiger partial charge in [-0.15, -0.1) is 0 Å². The molecule has 0 aliphatic rings. The maximum atomic E-state index is 11.6. The molecule has 4 heteroatoms. The first-order chi connectivity index (χ1) is 9.21. The van der Waals surface area contributed by atoms with Crippen molar-refractivity contribution in [1.82, 2.24) is 5.32 Å². The quantitative estimate of drug-likeness (QED) is 0.676. The number of nitriles is 1. The number of benzene rings is 1. The molecule has 0 saturated carbocycles. The molecule has 1 aromatic carbocycles. The molecule has 0 atom stereocenters. The Morgan fingerprint density at radius 2 is 2.21 bits per heavy atom. The van der Waals surface area contributed by atoms with Gasteiger partial charge in [-0.25, -0.2) is 0 Å². The molecule has 0 spiro atoms. The summed E-state index contributed by atoms with van der Waals surface area (Å²) in [6.45, 7) is 1.97. The van der Waals surface area contributed by atoms with Gasteiger partial charge in [0.2, 0.25) is 0 Å². The number of hydrogen-bond acceptors (Lipinski definition) is 3. The molecule has 0 aliphatic heterocycles. The van der Waals surface area contributed by atoms with Crippen molar-refractivity contribution in [3.8, 4) is 6.07 Å². The van der Waals surface area contributed by atoms with Gasteiger partial charge >= 0.3 is 0 Å². The summed E-state index contributed by atoms with van der Waals surface area (Å²) in [5.74, 6) is 0.382. The molecule has 1 N–H and O–H groups in total. The van der Waals surface area contributed by atoms with Crippen molar-refractivity contribution in [2.24, 2.45) is 0 Å². The number of furan rings is 1. The predicted octanol–water partition coefficient (Wildman–Crippen LogP) is 2.65. The van der Waals surface area contributed by atoms with Crippen LogP contribution < -0.4 is 5.32 Å². The van der Waals surface area contributed by atoms with Crippen LogP contribution in [0.2, 0.25) is 0 Å². The molecule has 0 saturated heterocycles. The highest BCUT2D eigenvalue weighted by Crippen LogP contribution is 2.28. The molecule has 2 aromatic rings. The van der Waals surface area contributed by atoms with Crippen LogP contribution in [0.4, 0.5) is 0 Å². The van der Waals surface area contributed by atoms with Gasteiger partial charge in [0.25, 0.3) is 5.91 Å². The molecule has 0 radical (unpaired) electrons. The largest absolute Gasteiger partial charge is 0.460 e. The minimum absolute atomic E-state index is 0.0729. The molecule has 1 amide bonds. The maximum Gasteiger partial charge on any atom is 0.261 e. The Morgan fingerprint density at radius 3 is 2.84 bits per heavy atom. The van der Waals surface area contributed by atoms with Crippen molar-refractivity contribution >= 4 is 23.0 Å². The summed E-state index contributed by atoms with van der Waals surface area (Å²) in [5.41, 5.74) is 1.64. The van der Waals surface area contributed by atoms with E-state index in [1.54, 1.807) is 6.08 Å². The molecule has 0 unspecified atom stereocenters. The second-order valence-corrected chi connectivity index (χ2v) is 4.04. The van der Waals surface area contributed by atoms with E-state index in [9.17, 15) is 4.79 Å². The molecular formula is C15H14N2O2. The molecular weight excluding hydrogens is 240 g/mol. The number of carbonyl (C=O) groups is 1. The van der Waals surface area contributed by atoms with Crippen molar-refractivity contribution in [2.45, 2.75) is 13.3 Å². The van der Waals surface area contributed by atoms with Crippen LogP contribution in [0.25, 0.3) is 17.0 Å². The average molecular weight is 254 g/mol. The molecule has 1 heterocycles. The summed E-state index contributed by atoms with van der Waals surface area (Å²) in [5, 5.41) is 12.4. The Morgan fingerprint density at radius 1 is 1.47 bits per heavy atom. The summed E-state index contributed by atoms with van der Waals surface area (Å²) >= 11 is 0. The van der Waals surface area contributed by atoms with E-state index in [0.717, 1.165) is 22.3 Å². The van der Waals surface area contributed by atoms with Crippen LogP contribution in [0.1, 0.15) is 18.2 Å². The fourth-order valence-corrected chi connectivity index (χ4v) is 1.96. The van der Waals surface area contributed by atoms with E-state index in [1.807, 2.05) is 37.3 Å². The van der Waals surface area contributed by atoms with Crippen molar-refractivity contribution < 1.29 is 9.21 Å². The molecule has 1 aromatic heterocycles. The van der Waals surface area contributed by atoms with E-state index in [2.05, 4.69) is 5.32 Å². The Balaban J connectivity index is 2.64. The van der Waals surface area contributed by atoms with Crippen LogP contribution in [0, 0.1) is 11.3 Å². The number of nitrogens with one attached hydrogen (secondary N) is 1. The maximum absolute atomic E-state index is 11.6. The van der Waals surface area contributed by atoms with Gasteiger partial charge in [0, 0.05) is 24.4 Å². The Labute approximate surface area is 111 Å². The van der Waals surface area contributed by atoms with E-state index in [1.165, 1.54) is 7.05 Å². The lowest BCUT2D eigenvalue weighted by Crippen LogP contribution is -2.19. The first kappa shape index (κ1) is 12.9. The smallest absolute Gasteiger partial charge is 0.261 e. The number of fused-ring (bicyclic) bond motifs is 1. The minimum Gasteiger partial charge on any atom is -0.460 e. The first-order valence-corrected chi connectivity index (χ1v) is 6.05. The van der Waals surface area contributed by atoms with Crippen LogP contribution in [0.3, 0.4) is 0 Å². The zero-order valence-corrected chi connectivity index (χ0v) is 10.9. The second kappa shape index (κ2) is 5.40. The number of nitrogens with zero attached hydrogens (tertiary/aromatic N) is 1. The van der Waals surface area contributed by atoms with Gasteiger partial charge in [-0.1, -0.05) is 25.1 Å². The topological polar surface area (TPSA) is 66.0 Å². The fourth-order valence-electron chi connectivity index (χ4n) is 1.96. The van der Waals surface area contributed by atoms with Crippen molar-refractivity contribution in [3.63, 3.8) is 0 Å². The number of rotatable bonds is 3. The highest BCUT2D eigenvalue weighted by atomic mass is 16.3. The summed E-state index contributed by atoms with van der Waals surface area (Å²) in [6, 6.07) is 9.50. The predicted molar refractivity (Wildman–Crippen MR) is 73.2 cm³/mol. The number of hydrogen-bond donors (Lipinski definition) is 1. The standard InChI is InChI=1S/C15H14N2O2/c1-3-13-12(8-10(9-16)15(18)17-2)11-6-4-5-7-14(11)19-13/h4-8H,3H2,1-2H3,(H,17,18)/b10-8+. The third-order valence-electron chi connectivity index (χ3n) is 2.91. The van der Waals surface area contributed by atoms with E-state index >= 15 is 0 Å². The van der Waals surface area contributed by atoms with Crippen LogP contribution in [0.5, 0.6) is 0 Å². The minimum atomic E-state index is -0.394. The lowest BCUT2D eigenvalue weighted by Gasteiger charge is -1.98. The molecule has 96 valence electrons. The van der Waals surface area contributed by atoms with Crippen LogP contribution >= 0.6 is 0 Å². The third-order valence-corrected chi connectivity index (χ3v) is 2.91. The van der Waals surface area contributed by atoms with Gasteiger partial charge in [-0.05, 0) is 12.1 Å². The van der Waals surface area contributed by atoms with Gasteiger partial charge in [0.05, 0.1) is 0 Å². The van der Waals surface area contributed by atoms with E-state index in [0.29, 0.717) is 6.42 Å². The Kier molecular flexibility index (Phi) is 3.67. The van der Waals surface area contributed by atoms with Crippen molar-refractivity contribution in [3.05, 3.63) is 41.2 Å². The number of amides is 1. The highest BCUT2D eigenvalue weighted by molar-refractivity contribution is 6.03. The lowest BCUT2D eigenvalue weighted by atomic mass is 10.1. The van der Waals surface area contributed by atoms with Gasteiger partial charge in [-0.3, -0.25) is 4.79 Å². The number of carbonyl (C=O) groups excluding carboxylic acids is 1. The van der Waals surface area contributed by atoms with E-state index in [-0.39, 0.29) is 5.57 Å². The van der Waals surface area contributed by atoms with E-state index < -0.39 is 5.91 Å². The van der Waals surface area contributed by atoms with Crippen molar-refractivity contribution in [2.75, 3.05) is 7.05 Å². The molecule has 19 heavy (non-hydrogen) atoms. The monoisotopic (exact) mass is 254 g/mol. The summed E-state index contributed by atoms with van der Waals surface area (Å²) in [4.78, 5) is 11.6. The molecule has 0 fully saturated rings. The fraction of sp³-hybridized carbons (Fsp3) is 0.200. The Bertz CT molecular complexity index is 690.